The van der Waals surface area contributed by atoms with Crippen molar-refractivity contribution in [2.75, 3.05) is 5.32 Å². The molecule has 0 atom stereocenters. The lowest BCUT2D eigenvalue weighted by Crippen LogP contribution is -2.31. The van der Waals surface area contributed by atoms with Crippen LogP contribution in [0.4, 0.5) is 5.13 Å². The van der Waals surface area contributed by atoms with Gasteiger partial charge in [0.2, 0.25) is 5.13 Å². The summed E-state index contributed by atoms with van der Waals surface area (Å²) in [5, 5.41) is 4.45. The molecule has 2 rings (SSSR count). The summed E-state index contributed by atoms with van der Waals surface area (Å²) in [5.74, 6) is 0.957. The van der Waals surface area contributed by atoms with Gasteiger partial charge in [0, 0.05) is 23.5 Å². The van der Waals surface area contributed by atoms with E-state index in [2.05, 4.69) is 65.8 Å². The van der Waals surface area contributed by atoms with Crippen molar-refractivity contribution in [3.05, 3.63) is 41.7 Å². The zero-order valence-corrected chi connectivity index (χ0v) is 13.3. The number of hydrogen-bond acceptors (Lipinski definition) is 4. The fourth-order valence-corrected chi connectivity index (χ4v) is 2.88. The fourth-order valence-electron chi connectivity index (χ4n) is 2.08. The number of anilines is 1. The second kappa shape index (κ2) is 6.84. The molecule has 0 aliphatic heterocycles. The summed E-state index contributed by atoms with van der Waals surface area (Å²) in [4.78, 5) is 4.54. The number of aromatic nitrogens is 2. The van der Waals surface area contributed by atoms with Gasteiger partial charge in [-0.1, -0.05) is 37.3 Å². The third-order valence-corrected chi connectivity index (χ3v) is 3.94. The molecule has 0 aliphatic rings. The first kappa shape index (κ1) is 15.0. The van der Waals surface area contributed by atoms with Crippen LogP contribution < -0.4 is 5.32 Å². The smallest absolute Gasteiger partial charge is 0.202 e. The van der Waals surface area contributed by atoms with Crippen molar-refractivity contribution in [3.63, 3.8) is 0 Å². The number of hydrogen-bond donors (Lipinski definition) is 1. The van der Waals surface area contributed by atoms with Gasteiger partial charge in [-0.2, -0.15) is 4.37 Å². The monoisotopic (exact) mass is 289 g/mol. The first-order chi connectivity index (χ1) is 9.59. The third kappa shape index (κ3) is 4.60. The van der Waals surface area contributed by atoms with Gasteiger partial charge in [0.15, 0.2) is 0 Å². The molecule has 1 aromatic carbocycles. The van der Waals surface area contributed by atoms with Crippen molar-refractivity contribution in [1.29, 1.82) is 0 Å². The van der Waals surface area contributed by atoms with Crippen LogP contribution in [0.25, 0.3) is 0 Å². The average molecular weight is 289 g/mol. The Labute approximate surface area is 125 Å². The second-order valence-electron chi connectivity index (χ2n) is 5.76. The van der Waals surface area contributed by atoms with Crippen LogP contribution in [0.1, 0.15) is 45.0 Å². The Bertz CT molecular complexity index is 520. The van der Waals surface area contributed by atoms with Crippen molar-refractivity contribution in [2.24, 2.45) is 0 Å². The standard InChI is InChI=1S/C16H23N3S/c1-4-8-14-17-15(20-19-14)18-16(2,3)12-11-13-9-6-5-7-10-13/h5-7,9-10H,4,8,11-12H2,1-3H3,(H,17,18,19). The van der Waals surface area contributed by atoms with E-state index in [1.807, 2.05) is 0 Å². The van der Waals surface area contributed by atoms with E-state index in [0.717, 1.165) is 36.6 Å². The van der Waals surface area contributed by atoms with Crippen LogP contribution >= 0.6 is 11.5 Å². The summed E-state index contributed by atoms with van der Waals surface area (Å²) in [5.41, 5.74) is 1.41. The molecule has 1 N–H and O–H groups in total. The lowest BCUT2D eigenvalue weighted by atomic mass is 9.95. The molecule has 20 heavy (non-hydrogen) atoms. The van der Waals surface area contributed by atoms with E-state index < -0.39 is 0 Å². The lowest BCUT2D eigenvalue weighted by Gasteiger charge is -2.25. The Morgan fingerprint density at radius 3 is 2.60 bits per heavy atom. The number of benzene rings is 1. The highest BCUT2D eigenvalue weighted by Crippen LogP contribution is 2.22. The average Bonchev–Trinajstić information content (AvgIpc) is 2.85. The summed E-state index contributed by atoms with van der Waals surface area (Å²) in [6.45, 7) is 6.59. The van der Waals surface area contributed by atoms with E-state index in [9.17, 15) is 0 Å². The van der Waals surface area contributed by atoms with Crippen molar-refractivity contribution in [1.82, 2.24) is 9.36 Å². The molecule has 3 nitrogen and oxygen atoms in total. The molecule has 0 amide bonds. The Hall–Kier alpha value is -1.42. The van der Waals surface area contributed by atoms with Gasteiger partial charge in [-0.3, -0.25) is 0 Å². The molecular weight excluding hydrogens is 266 g/mol. The van der Waals surface area contributed by atoms with Gasteiger partial charge in [0.05, 0.1) is 0 Å². The molecule has 1 aromatic heterocycles. The quantitative estimate of drug-likeness (QED) is 0.825. The maximum absolute atomic E-state index is 4.54. The van der Waals surface area contributed by atoms with Crippen LogP contribution in [0.5, 0.6) is 0 Å². The maximum Gasteiger partial charge on any atom is 0.202 e. The molecule has 108 valence electrons. The molecule has 0 unspecified atom stereocenters. The lowest BCUT2D eigenvalue weighted by molar-refractivity contribution is 0.518. The van der Waals surface area contributed by atoms with Crippen molar-refractivity contribution >= 4 is 16.7 Å². The summed E-state index contributed by atoms with van der Waals surface area (Å²) >= 11 is 1.47. The van der Waals surface area contributed by atoms with Crippen molar-refractivity contribution in [2.45, 2.75) is 52.0 Å². The first-order valence-corrected chi connectivity index (χ1v) is 8.01. The number of nitrogens with zero attached hydrogens (tertiary/aromatic N) is 2. The molecule has 0 fully saturated rings. The Balaban J connectivity index is 1.89. The molecule has 1 heterocycles. The highest BCUT2D eigenvalue weighted by molar-refractivity contribution is 7.09. The topological polar surface area (TPSA) is 37.8 Å². The van der Waals surface area contributed by atoms with Gasteiger partial charge in [-0.25, -0.2) is 4.98 Å². The van der Waals surface area contributed by atoms with Crippen LogP contribution in [0, 0.1) is 0 Å². The predicted octanol–water partition coefficient (Wildman–Crippen LogP) is 4.31. The Morgan fingerprint density at radius 1 is 1.15 bits per heavy atom. The van der Waals surface area contributed by atoms with E-state index in [1.54, 1.807) is 0 Å². The van der Waals surface area contributed by atoms with E-state index in [4.69, 9.17) is 0 Å². The molecular formula is C16H23N3S. The molecule has 2 aromatic rings. The highest BCUT2D eigenvalue weighted by Gasteiger charge is 2.19. The summed E-state index contributed by atoms with van der Waals surface area (Å²) < 4.78 is 4.38. The minimum Gasteiger partial charge on any atom is -0.355 e. The summed E-state index contributed by atoms with van der Waals surface area (Å²) in [7, 11) is 0. The molecule has 0 aliphatic carbocycles. The Morgan fingerprint density at radius 2 is 1.90 bits per heavy atom. The zero-order chi connectivity index (χ0) is 14.4. The van der Waals surface area contributed by atoms with Crippen LogP contribution in [0.3, 0.4) is 0 Å². The minimum absolute atomic E-state index is 0.0266. The second-order valence-corrected chi connectivity index (χ2v) is 6.51. The van der Waals surface area contributed by atoms with Crippen LogP contribution in [0.2, 0.25) is 0 Å². The van der Waals surface area contributed by atoms with E-state index >= 15 is 0 Å². The molecule has 4 heteroatoms. The fraction of sp³-hybridized carbons (Fsp3) is 0.500. The minimum atomic E-state index is 0.0266. The molecule has 0 spiro atoms. The van der Waals surface area contributed by atoms with Crippen LogP contribution in [0.15, 0.2) is 30.3 Å². The van der Waals surface area contributed by atoms with Crippen LogP contribution in [-0.4, -0.2) is 14.9 Å². The SMILES string of the molecule is CCCc1nsc(NC(C)(C)CCc2ccccc2)n1. The number of rotatable bonds is 7. The van der Waals surface area contributed by atoms with Crippen molar-refractivity contribution < 1.29 is 0 Å². The molecule has 0 bridgehead atoms. The normalized spacial score (nSPS) is 11.6. The first-order valence-electron chi connectivity index (χ1n) is 7.24. The maximum atomic E-state index is 4.54. The predicted molar refractivity (Wildman–Crippen MR) is 86.4 cm³/mol. The number of nitrogens with one attached hydrogen (secondary N) is 1. The number of aryl methyl sites for hydroxylation is 2. The molecule has 0 saturated heterocycles. The Kier molecular flexibility index (Phi) is 5.12. The third-order valence-electron chi connectivity index (χ3n) is 3.27. The van der Waals surface area contributed by atoms with E-state index in [1.165, 1.54) is 17.1 Å². The van der Waals surface area contributed by atoms with Gasteiger partial charge in [0.1, 0.15) is 5.82 Å². The van der Waals surface area contributed by atoms with Crippen LogP contribution in [-0.2, 0) is 12.8 Å². The van der Waals surface area contributed by atoms with Gasteiger partial charge < -0.3 is 5.32 Å². The van der Waals surface area contributed by atoms with Gasteiger partial charge in [0.25, 0.3) is 0 Å². The largest absolute Gasteiger partial charge is 0.355 e. The van der Waals surface area contributed by atoms with Gasteiger partial charge >= 0.3 is 0 Å². The van der Waals surface area contributed by atoms with Gasteiger partial charge in [-0.15, -0.1) is 0 Å². The molecule has 0 radical (unpaired) electrons. The highest BCUT2D eigenvalue weighted by atomic mass is 32.1. The molecule has 0 saturated carbocycles. The summed E-state index contributed by atoms with van der Waals surface area (Å²) in [6, 6.07) is 10.6. The summed E-state index contributed by atoms with van der Waals surface area (Å²) in [6.07, 6.45) is 4.19. The van der Waals surface area contributed by atoms with Gasteiger partial charge in [-0.05, 0) is 38.7 Å². The zero-order valence-electron chi connectivity index (χ0n) is 12.5. The van der Waals surface area contributed by atoms with E-state index in [-0.39, 0.29) is 5.54 Å². The van der Waals surface area contributed by atoms with Crippen molar-refractivity contribution in [3.8, 4) is 0 Å². The van der Waals surface area contributed by atoms with E-state index in [0.29, 0.717) is 0 Å².